The minimum absolute atomic E-state index is 0.0175. The first kappa shape index (κ1) is 17.7. The number of rotatable bonds is 7. The largest absolute Gasteiger partial charge is 0.468 e. The van der Waals surface area contributed by atoms with Crippen LogP contribution in [-0.2, 0) is 16.1 Å². The standard InChI is InChI=1S/C14H18ClF2NO3/c1-8(2)12(13(19)20-3)18-7-9-6-10(15)4-5-11(9)21-14(16)17/h4-6,8,12,14,18H,7H2,1-3H3. The van der Waals surface area contributed by atoms with Gasteiger partial charge in [-0.25, -0.2) is 0 Å². The molecule has 0 amide bonds. The van der Waals surface area contributed by atoms with E-state index in [9.17, 15) is 13.6 Å². The number of hydrogen-bond acceptors (Lipinski definition) is 4. The summed E-state index contributed by atoms with van der Waals surface area (Å²) >= 11 is 5.86. The lowest BCUT2D eigenvalue weighted by Crippen LogP contribution is -2.41. The van der Waals surface area contributed by atoms with E-state index in [1.54, 1.807) is 0 Å². The average Bonchev–Trinajstić information content (AvgIpc) is 2.40. The molecule has 0 aliphatic carbocycles. The third-order valence-electron chi connectivity index (χ3n) is 2.87. The number of benzene rings is 1. The SMILES string of the molecule is COC(=O)C(NCc1cc(Cl)ccc1OC(F)F)C(C)C. The van der Waals surface area contributed by atoms with Gasteiger partial charge < -0.3 is 9.47 Å². The Hall–Kier alpha value is -1.40. The maximum atomic E-state index is 12.4. The molecular weight excluding hydrogens is 304 g/mol. The lowest BCUT2D eigenvalue weighted by molar-refractivity contribution is -0.144. The zero-order valence-corrected chi connectivity index (χ0v) is 12.8. The molecule has 1 rings (SSSR count). The van der Waals surface area contributed by atoms with E-state index in [1.807, 2.05) is 13.8 Å². The van der Waals surface area contributed by atoms with Crippen molar-refractivity contribution in [1.29, 1.82) is 0 Å². The second-order valence-corrected chi connectivity index (χ2v) is 5.19. The highest BCUT2D eigenvalue weighted by Crippen LogP contribution is 2.24. The lowest BCUT2D eigenvalue weighted by atomic mass is 10.0. The van der Waals surface area contributed by atoms with E-state index >= 15 is 0 Å². The average molecular weight is 322 g/mol. The Labute approximate surface area is 127 Å². The van der Waals surface area contributed by atoms with Crippen molar-refractivity contribution in [2.24, 2.45) is 5.92 Å². The molecule has 0 heterocycles. The first-order valence-electron chi connectivity index (χ1n) is 6.39. The molecule has 4 nitrogen and oxygen atoms in total. The van der Waals surface area contributed by atoms with Gasteiger partial charge in [0.2, 0.25) is 0 Å². The maximum Gasteiger partial charge on any atom is 0.387 e. The summed E-state index contributed by atoms with van der Waals surface area (Å²) < 4.78 is 33.9. The predicted octanol–water partition coefficient (Wildman–Crippen LogP) is 3.23. The van der Waals surface area contributed by atoms with Gasteiger partial charge in [0.05, 0.1) is 7.11 Å². The highest BCUT2D eigenvalue weighted by atomic mass is 35.5. The number of carbonyl (C=O) groups is 1. The van der Waals surface area contributed by atoms with Crippen molar-refractivity contribution >= 4 is 17.6 Å². The number of ether oxygens (including phenoxy) is 2. The Morgan fingerprint density at radius 1 is 1.38 bits per heavy atom. The molecule has 0 fully saturated rings. The number of halogens is 3. The van der Waals surface area contributed by atoms with E-state index in [2.05, 4.69) is 10.1 Å². The van der Waals surface area contributed by atoms with Crippen LogP contribution in [0.2, 0.25) is 5.02 Å². The number of nitrogens with one attached hydrogen (secondary N) is 1. The van der Waals surface area contributed by atoms with E-state index in [0.29, 0.717) is 10.6 Å². The van der Waals surface area contributed by atoms with Gasteiger partial charge >= 0.3 is 12.6 Å². The molecule has 118 valence electrons. The van der Waals surface area contributed by atoms with Gasteiger partial charge in [-0.2, -0.15) is 8.78 Å². The third-order valence-corrected chi connectivity index (χ3v) is 3.11. The van der Waals surface area contributed by atoms with Gasteiger partial charge in [0.15, 0.2) is 0 Å². The van der Waals surface area contributed by atoms with Crippen LogP contribution in [0.4, 0.5) is 8.78 Å². The molecule has 0 radical (unpaired) electrons. The van der Waals surface area contributed by atoms with E-state index < -0.39 is 18.6 Å². The molecule has 0 saturated carbocycles. The fraction of sp³-hybridized carbons (Fsp3) is 0.500. The van der Waals surface area contributed by atoms with E-state index in [1.165, 1.54) is 25.3 Å². The molecule has 0 aliphatic heterocycles. The van der Waals surface area contributed by atoms with Crippen LogP contribution in [-0.4, -0.2) is 25.7 Å². The topological polar surface area (TPSA) is 47.6 Å². The highest BCUT2D eigenvalue weighted by molar-refractivity contribution is 6.30. The molecule has 21 heavy (non-hydrogen) atoms. The van der Waals surface area contributed by atoms with E-state index in [4.69, 9.17) is 16.3 Å². The molecule has 1 N–H and O–H groups in total. The fourth-order valence-electron chi connectivity index (χ4n) is 1.84. The fourth-order valence-corrected chi connectivity index (χ4v) is 2.03. The van der Waals surface area contributed by atoms with Crippen molar-refractivity contribution < 1.29 is 23.0 Å². The molecule has 0 bridgehead atoms. The molecule has 1 aromatic carbocycles. The summed E-state index contributed by atoms with van der Waals surface area (Å²) in [5.41, 5.74) is 0.442. The second-order valence-electron chi connectivity index (χ2n) is 4.76. The van der Waals surface area contributed by atoms with Crippen LogP contribution < -0.4 is 10.1 Å². The first-order valence-corrected chi connectivity index (χ1v) is 6.77. The Bertz CT molecular complexity index is 483. The second kappa shape index (κ2) is 8.14. The molecule has 0 saturated heterocycles. The van der Waals surface area contributed by atoms with Gasteiger partial charge in [-0.05, 0) is 24.1 Å². The van der Waals surface area contributed by atoms with Gasteiger partial charge in [-0.1, -0.05) is 25.4 Å². The van der Waals surface area contributed by atoms with Crippen molar-refractivity contribution in [3.05, 3.63) is 28.8 Å². The predicted molar refractivity (Wildman–Crippen MR) is 75.6 cm³/mol. The molecule has 0 aliphatic rings. The molecule has 0 aromatic heterocycles. The van der Waals surface area contributed by atoms with Gasteiger partial charge in [0.25, 0.3) is 0 Å². The Kier molecular flexibility index (Phi) is 6.84. The van der Waals surface area contributed by atoms with Crippen LogP contribution in [0.5, 0.6) is 5.75 Å². The normalized spacial score (nSPS) is 12.6. The summed E-state index contributed by atoms with van der Waals surface area (Å²) in [5, 5.41) is 3.36. The summed E-state index contributed by atoms with van der Waals surface area (Å²) in [4.78, 5) is 11.6. The minimum Gasteiger partial charge on any atom is -0.468 e. The lowest BCUT2D eigenvalue weighted by Gasteiger charge is -2.20. The van der Waals surface area contributed by atoms with Gasteiger partial charge in [-0.3, -0.25) is 10.1 Å². The van der Waals surface area contributed by atoms with Gasteiger partial charge in [-0.15, -0.1) is 0 Å². The van der Waals surface area contributed by atoms with E-state index in [-0.39, 0.29) is 18.2 Å². The number of esters is 1. The number of methoxy groups -OCH3 is 1. The van der Waals surface area contributed by atoms with Crippen molar-refractivity contribution in [2.45, 2.75) is 33.0 Å². The quantitative estimate of drug-likeness (QED) is 0.783. The zero-order chi connectivity index (χ0) is 16.0. The molecule has 1 unspecified atom stereocenters. The monoisotopic (exact) mass is 321 g/mol. The minimum atomic E-state index is -2.92. The molecular formula is C14H18ClF2NO3. The summed E-state index contributed by atoms with van der Waals surface area (Å²) in [6.45, 7) is 0.929. The Morgan fingerprint density at radius 2 is 2.05 bits per heavy atom. The van der Waals surface area contributed by atoms with Gasteiger partial charge in [0.1, 0.15) is 11.8 Å². The summed E-state index contributed by atoms with van der Waals surface area (Å²) in [5.74, 6) is -0.409. The van der Waals surface area contributed by atoms with E-state index in [0.717, 1.165) is 0 Å². The Morgan fingerprint density at radius 3 is 2.57 bits per heavy atom. The van der Waals surface area contributed by atoms with Crippen LogP contribution in [0.1, 0.15) is 19.4 Å². The summed E-state index contributed by atoms with van der Waals surface area (Å²) in [7, 11) is 1.30. The molecule has 1 atom stereocenters. The van der Waals surface area contributed by atoms with Crippen molar-refractivity contribution in [2.75, 3.05) is 7.11 Å². The molecule has 0 spiro atoms. The van der Waals surface area contributed by atoms with Crippen molar-refractivity contribution in [3.8, 4) is 5.75 Å². The summed E-state index contributed by atoms with van der Waals surface area (Å²) in [6, 6.07) is 3.80. The number of hydrogen-bond donors (Lipinski definition) is 1. The van der Waals surface area contributed by atoms with Crippen LogP contribution in [0, 0.1) is 5.92 Å². The number of alkyl halides is 2. The van der Waals surface area contributed by atoms with Crippen LogP contribution >= 0.6 is 11.6 Å². The van der Waals surface area contributed by atoms with Crippen LogP contribution in [0.3, 0.4) is 0 Å². The number of carbonyl (C=O) groups excluding carboxylic acids is 1. The zero-order valence-electron chi connectivity index (χ0n) is 12.0. The summed E-state index contributed by atoms with van der Waals surface area (Å²) in [6.07, 6.45) is 0. The van der Waals surface area contributed by atoms with Crippen molar-refractivity contribution in [3.63, 3.8) is 0 Å². The Balaban J connectivity index is 2.85. The first-order chi connectivity index (χ1) is 9.85. The van der Waals surface area contributed by atoms with Crippen LogP contribution in [0.15, 0.2) is 18.2 Å². The molecule has 7 heteroatoms. The molecule has 1 aromatic rings. The third kappa shape index (κ3) is 5.47. The smallest absolute Gasteiger partial charge is 0.387 e. The van der Waals surface area contributed by atoms with Gasteiger partial charge in [0, 0.05) is 17.1 Å². The highest BCUT2D eigenvalue weighted by Gasteiger charge is 2.23. The van der Waals surface area contributed by atoms with Crippen molar-refractivity contribution in [1.82, 2.24) is 5.32 Å². The van der Waals surface area contributed by atoms with Crippen LogP contribution in [0.25, 0.3) is 0 Å². The maximum absolute atomic E-state index is 12.4.